The van der Waals surface area contributed by atoms with E-state index >= 15 is 0 Å². The largest absolute Gasteiger partial charge is 1.00 e. The highest BCUT2D eigenvalue weighted by atomic mass is 35.5. The van der Waals surface area contributed by atoms with Crippen molar-refractivity contribution in [3.8, 4) is 17.4 Å². The van der Waals surface area contributed by atoms with Crippen molar-refractivity contribution in [1.29, 1.82) is 0 Å². The van der Waals surface area contributed by atoms with Gasteiger partial charge in [-0.15, -0.1) is 0 Å². The lowest BCUT2D eigenvalue weighted by Gasteiger charge is -2.26. The Balaban J connectivity index is 0.00000171. The van der Waals surface area contributed by atoms with E-state index in [-0.39, 0.29) is 24.8 Å². The molecule has 0 unspecified atom stereocenters. The molecule has 1 aromatic heterocycles. The van der Waals surface area contributed by atoms with E-state index in [9.17, 15) is 0 Å². The number of hydrogen-bond acceptors (Lipinski definition) is 7. The molecule has 8 nitrogen and oxygen atoms in total. The van der Waals surface area contributed by atoms with Crippen LogP contribution < -0.4 is 34.9 Å². The van der Waals surface area contributed by atoms with E-state index < -0.39 is 0 Å². The first-order valence-electron chi connectivity index (χ1n) is 10.00. The van der Waals surface area contributed by atoms with Crippen LogP contribution >= 0.6 is 0 Å². The summed E-state index contributed by atoms with van der Waals surface area (Å²) in [5.74, 6) is 0.713. The van der Waals surface area contributed by atoms with Crippen molar-refractivity contribution >= 4 is 0 Å². The molecule has 1 aliphatic heterocycles. The molecule has 168 valence electrons. The number of hydrogen-bond donors (Lipinski definition) is 1. The van der Waals surface area contributed by atoms with Gasteiger partial charge in [-0.3, -0.25) is 4.90 Å². The molecule has 1 saturated heterocycles. The molecule has 0 radical (unpaired) electrons. The van der Waals surface area contributed by atoms with E-state index in [1.54, 1.807) is 4.68 Å². The van der Waals surface area contributed by atoms with Crippen LogP contribution in [-0.2, 0) is 11.3 Å². The van der Waals surface area contributed by atoms with Gasteiger partial charge in [0.2, 0.25) is 0 Å². The number of nitrogens with one attached hydrogen (secondary N) is 1. The SMILES string of the molecule is [Cl-].[Cl-].c1ccc(-n2nnnc2Oc2cccc(CNCCCN3CCOCC3)c2)cc1. The fourth-order valence-corrected chi connectivity index (χ4v) is 3.28. The predicted molar refractivity (Wildman–Crippen MR) is 109 cm³/mol. The van der Waals surface area contributed by atoms with E-state index in [2.05, 4.69) is 31.8 Å². The molecule has 2 aromatic carbocycles. The van der Waals surface area contributed by atoms with Gasteiger partial charge in [-0.25, -0.2) is 0 Å². The van der Waals surface area contributed by atoms with Crippen molar-refractivity contribution in [2.24, 2.45) is 0 Å². The summed E-state index contributed by atoms with van der Waals surface area (Å²) in [4.78, 5) is 2.45. The van der Waals surface area contributed by atoms with Crippen LogP contribution in [0.5, 0.6) is 11.8 Å². The van der Waals surface area contributed by atoms with Crippen LogP contribution in [0.4, 0.5) is 0 Å². The number of para-hydroxylation sites is 1. The van der Waals surface area contributed by atoms with Crippen LogP contribution in [-0.4, -0.2) is 64.5 Å². The summed E-state index contributed by atoms with van der Waals surface area (Å²) in [6, 6.07) is 18.0. The second-order valence-electron chi connectivity index (χ2n) is 6.94. The van der Waals surface area contributed by atoms with Gasteiger partial charge in [0.1, 0.15) is 5.75 Å². The van der Waals surface area contributed by atoms with Crippen LogP contribution in [0.2, 0.25) is 0 Å². The molecule has 0 aliphatic carbocycles. The topological polar surface area (TPSA) is 77.3 Å². The Morgan fingerprint density at radius 1 is 1.00 bits per heavy atom. The lowest BCUT2D eigenvalue weighted by atomic mass is 10.2. The van der Waals surface area contributed by atoms with E-state index in [0.717, 1.165) is 63.6 Å². The second-order valence-corrected chi connectivity index (χ2v) is 6.94. The Bertz CT molecular complexity index is 890. The molecule has 2 heterocycles. The maximum absolute atomic E-state index is 5.93. The first-order chi connectivity index (χ1) is 14.4. The van der Waals surface area contributed by atoms with Crippen LogP contribution in [0.25, 0.3) is 5.69 Å². The van der Waals surface area contributed by atoms with Gasteiger partial charge in [0, 0.05) is 19.6 Å². The third-order valence-electron chi connectivity index (χ3n) is 4.81. The second kappa shape index (κ2) is 13.2. The third-order valence-corrected chi connectivity index (χ3v) is 4.81. The first-order valence-corrected chi connectivity index (χ1v) is 10.00. The minimum atomic E-state index is 0. The van der Waals surface area contributed by atoms with Crippen molar-refractivity contribution < 1.29 is 34.3 Å². The number of halogens is 2. The average Bonchev–Trinajstić information content (AvgIpc) is 3.23. The first kappa shape index (κ1) is 25.0. The maximum atomic E-state index is 5.93. The highest BCUT2D eigenvalue weighted by Gasteiger charge is 2.11. The van der Waals surface area contributed by atoms with Gasteiger partial charge in [0.25, 0.3) is 0 Å². The highest BCUT2D eigenvalue weighted by molar-refractivity contribution is 5.34. The predicted octanol–water partition coefficient (Wildman–Crippen LogP) is -3.73. The van der Waals surface area contributed by atoms with Crippen molar-refractivity contribution in [1.82, 2.24) is 30.4 Å². The summed E-state index contributed by atoms with van der Waals surface area (Å²) in [6.45, 7) is 6.69. The van der Waals surface area contributed by atoms with Gasteiger partial charge in [-0.2, -0.15) is 4.68 Å². The normalized spacial score (nSPS) is 13.8. The standard InChI is InChI=1S/C21H26N6O2.2ClH/c1-2-7-19(8-3-1)27-21(23-24-25-27)29-20-9-4-6-18(16-20)17-22-10-5-11-26-12-14-28-15-13-26;;/h1-4,6-9,16,22H,5,10-15,17H2;2*1H/p-2. The molecule has 1 N–H and O–H groups in total. The van der Waals surface area contributed by atoms with Gasteiger partial charge in [-0.05, 0) is 59.8 Å². The summed E-state index contributed by atoms with van der Waals surface area (Å²) >= 11 is 0. The van der Waals surface area contributed by atoms with E-state index in [4.69, 9.17) is 9.47 Å². The molecule has 10 heteroatoms. The number of morpholine rings is 1. The maximum Gasteiger partial charge on any atom is 0.345 e. The van der Waals surface area contributed by atoms with Gasteiger partial charge in [-0.1, -0.05) is 35.4 Å². The third kappa shape index (κ3) is 7.45. The Hall–Kier alpha value is -2.23. The molecule has 0 bridgehead atoms. The molecule has 3 aromatic rings. The van der Waals surface area contributed by atoms with Crippen molar-refractivity contribution in [2.45, 2.75) is 13.0 Å². The quantitative estimate of drug-likeness (QED) is 0.326. The van der Waals surface area contributed by atoms with Crippen LogP contribution in [0.3, 0.4) is 0 Å². The molecule has 4 rings (SSSR count). The van der Waals surface area contributed by atoms with Crippen LogP contribution in [0, 0.1) is 0 Å². The van der Waals surface area contributed by atoms with Crippen molar-refractivity contribution in [3.63, 3.8) is 0 Å². The summed E-state index contributed by atoms with van der Waals surface area (Å²) in [7, 11) is 0. The molecular weight excluding hydrogens is 439 g/mol. The Morgan fingerprint density at radius 3 is 2.61 bits per heavy atom. The number of aromatic nitrogens is 4. The zero-order valence-electron chi connectivity index (χ0n) is 17.2. The fourth-order valence-electron chi connectivity index (χ4n) is 3.28. The zero-order valence-corrected chi connectivity index (χ0v) is 18.7. The summed E-state index contributed by atoms with van der Waals surface area (Å²) < 4.78 is 12.9. The molecular formula is C21H26Cl2N6O2-2. The number of benzene rings is 2. The van der Waals surface area contributed by atoms with E-state index in [0.29, 0.717) is 11.8 Å². The minimum absolute atomic E-state index is 0. The van der Waals surface area contributed by atoms with Gasteiger partial charge < -0.3 is 39.6 Å². The van der Waals surface area contributed by atoms with Crippen LogP contribution in [0.1, 0.15) is 12.0 Å². The Labute approximate surface area is 194 Å². The summed E-state index contributed by atoms with van der Waals surface area (Å²) in [6.07, 6.45) is 1.13. The summed E-state index contributed by atoms with van der Waals surface area (Å²) in [5, 5.41) is 15.3. The molecule has 0 spiro atoms. The average molecular weight is 465 g/mol. The Kier molecular flexibility index (Phi) is 10.7. The lowest BCUT2D eigenvalue weighted by molar-refractivity contribution is -0.00100. The fraction of sp³-hybridized carbons (Fsp3) is 0.381. The smallest absolute Gasteiger partial charge is 0.345 e. The monoisotopic (exact) mass is 464 g/mol. The number of nitrogens with zero attached hydrogens (tertiary/aromatic N) is 5. The van der Waals surface area contributed by atoms with E-state index in [1.165, 1.54) is 0 Å². The van der Waals surface area contributed by atoms with Gasteiger partial charge in [0.05, 0.1) is 18.9 Å². The number of ether oxygens (including phenoxy) is 2. The van der Waals surface area contributed by atoms with Gasteiger partial charge in [0.15, 0.2) is 0 Å². The number of tetrazole rings is 1. The molecule has 1 fully saturated rings. The molecule has 1 aliphatic rings. The molecule has 0 atom stereocenters. The highest BCUT2D eigenvalue weighted by Crippen LogP contribution is 2.22. The minimum Gasteiger partial charge on any atom is -1.00 e. The zero-order chi connectivity index (χ0) is 19.7. The lowest BCUT2D eigenvalue weighted by Crippen LogP contribution is -3.00. The van der Waals surface area contributed by atoms with Crippen molar-refractivity contribution in [2.75, 3.05) is 39.4 Å². The summed E-state index contributed by atoms with van der Waals surface area (Å²) in [5.41, 5.74) is 2.01. The van der Waals surface area contributed by atoms with E-state index in [1.807, 2.05) is 48.5 Å². The molecule has 31 heavy (non-hydrogen) atoms. The molecule has 0 saturated carbocycles. The Morgan fingerprint density at radius 2 is 1.81 bits per heavy atom. The van der Waals surface area contributed by atoms with Gasteiger partial charge >= 0.3 is 6.01 Å². The number of rotatable bonds is 9. The van der Waals surface area contributed by atoms with Crippen LogP contribution in [0.15, 0.2) is 54.6 Å². The molecule has 0 amide bonds. The van der Waals surface area contributed by atoms with Crippen molar-refractivity contribution in [3.05, 3.63) is 60.2 Å².